The van der Waals surface area contributed by atoms with Gasteiger partial charge in [0.05, 0.1) is 12.7 Å². The fourth-order valence-electron chi connectivity index (χ4n) is 1.87. The number of benzene rings is 2. The van der Waals surface area contributed by atoms with Gasteiger partial charge in [0.2, 0.25) is 0 Å². The van der Waals surface area contributed by atoms with Gasteiger partial charge < -0.3 is 4.74 Å². The van der Waals surface area contributed by atoms with E-state index < -0.39 is 17.6 Å². The van der Waals surface area contributed by atoms with Gasteiger partial charge in [-0.2, -0.15) is 0 Å². The second kappa shape index (κ2) is 8.12. The van der Waals surface area contributed by atoms with Gasteiger partial charge in [-0.25, -0.2) is 4.39 Å². The van der Waals surface area contributed by atoms with Crippen molar-refractivity contribution in [1.29, 1.82) is 0 Å². The maximum atomic E-state index is 13.0. The quantitative estimate of drug-likeness (QED) is 0.659. The van der Waals surface area contributed by atoms with Crippen molar-refractivity contribution in [2.75, 3.05) is 7.11 Å². The Balaban J connectivity index is 1.96. The summed E-state index contributed by atoms with van der Waals surface area (Å²) < 4.78 is 18.1. The molecule has 0 saturated heterocycles. The molecule has 0 radical (unpaired) electrons. The zero-order valence-electron chi connectivity index (χ0n) is 12.7. The van der Waals surface area contributed by atoms with Crippen molar-refractivity contribution in [3.63, 3.8) is 0 Å². The van der Waals surface area contributed by atoms with Crippen LogP contribution in [0.25, 0.3) is 6.08 Å². The zero-order chi connectivity index (χ0) is 17.5. The molecular weight excluding hydrogens is 335 g/mol. The lowest BCUT2D eigenvalue weighted by atomic mass is 10.2. The SMILES string of the molecule is COc1ccc(Cl)cc1C(=O)NNC(=O)/C=C/c1cccc(F)c1. The Labute approximate surface area is 143 Å². The lowest BCUT2D eigenvalue weighted by molar-refractivity contribution is -0.117. The minimum atomic E-state index is -0.582. The van der Waals surface area contributed by atoms with E-state index in [1.165, 1.54) is 43.5 Å². The summed E-state index contributed by atoms with van der Waals surface area (Å²) in [5.41, 5.74) is 5.17. The summed E-state index contributed by atoms with van der Waals surface area (Å²) in [6, 6.07) is 10.3. The van der Waals surface area contributed by atoms with Crippen LogP contribution >= 0.6 is 11.6 Å². The third-order valence-electron chi connectivity index (χ3n) is 2.98. The summed E-state index contributed by atoms with van der Waals surface area (Å²) >= 11 is 5.85. The van der Waals surface area contributed by atoms with Gasteiger partial charge in [-0.15, -0.1) is 0 Å². The van der Waals surface area contributed by atoms with Crippen LogP contribution in [0.15, 0.2) is 48.5 Å². The molecule has 0 heterocycles. The molecule has 2 amide bonds. The second-order valence-corrected chi connectivity index (χ2v) is 5.11. The second-order valence-electron chi connectivity index (χ2n) is 4.68. The summed E-state index contributed by atoms with van der Waals surface area (Å²) in [6.45, 7) is 0. The Bertz CT molecular complexity index is 793. The van der Waals surface area contributed by atoms with E-state index >= 15 is 0 Å². The molecule has 5 nitrogen and oxygen atoms in total. The van der Waals surface area contributed by atoms with Gasteiger partial charge in [-0.3, -0.25) is 20.4 Å². The smallest absolute Gasteiger partial charge is 0.273 e. The molecular formula is C17H14ClFN2O3. The Hall–Kier alpha value is -2.86. The number of hydrogen-bond acceptors (Lipinski definition) is 3. The Morgan fingerprint density at radius 3 is 2.67 bits per heavy atom. The maximum Gasteiger partial charge on any atom is 0.273 e. The molecule has 124 valence electrons. The first-order valence-electron chi connectivity index (χ1n) is 6.87. The van der Waals surface area contributed by atoms with Gasteiger partial charge >= 0.3 is 0 Å². The van der Waals surface area contributed by atoms with Crippen molar-refractivity contribution in [3.8, 4) is 5.75 Å². The number of hydrogen-bond donors (Lipinski definition) is 2. The number of hydrazine groups is 1. The van der Waals surface area contributed by atoms with Crippen molar-refractivity contribution in [1.82, 2.24) is 10.9 Å². The van der Waals surface area contributed by atoms with Crippen LogP contribution in [-0.4, -0.2) is 18.9 Å². The van der Waals surface area contributed by atoms with Crippen LogP contribution < -0.4 is 15.6 Å². The minimum absolute atomic E-state index is 0.180. The molecule has 0 aliphatic carbocycles. The Kier molecular flexibility index (Phi) is 5.92. The third-order valence-corrected chi connectivity index (χ3v) is 3.22. The highest BCUT2D eigenvalue weighted by Gasteiger charge is 2.13. The highest BCUT2D eigenvalue weighted by molar-refractivity contribution is 6.31. The summed E-state index contributed by atoms with van der Waals surface area (Å²) in [7, 11) is 1.42. The van der Waals surface area contributed by atoms with Crippen molar-refractivity contribution in [2.45, 2.75) is 0 Å². The molecule has 0 fully saturated rings. The molecule has 0 aromatic heterocycles. The van der Waals surface area contributed by atoms with Crippen LogP contribution in [0.1, 0.15) is 15.9 Å². The minimum Gasteiger partial charge on any atom is -0.496 e. The van der Waals surface area contributed by atoms with E-state index in [-0.39, 0.29) is 5.56 Å². The maximum absolute atomic E-state index is 13.0. The summed E-state index contributed by atoms with van der Waals surface area (Å²) in [5, 5.41) is 0.360. The van der Waals surface area contributed by atoms with Crippen molar-refractivity contribution < 1.29 is 18.7 Å². The van der Waals surface area contributed by atoms with Crippen molar-refractivity contribution in [2.24, 2.45) is 0 Å². The molecule has 24 heavy (non-hydrogen) atoms. The first-order valence-corrected chi connectivity index (χ1v) is 7.25. The molecule has 0 aliphatic rings. The Morgan fingerprint density at radius 1 is 1.17 bits per heavy atom. The van der Waals surface area contributed by atoms with Crippen LogP contribution in [0.2, 0.25) is 5.02 Å². The number of amides is 2. The van der Waals surface area contributed by atoms with Crippen molar-refractivity contribution >= 4 is 29.5 Å². The standard InChI is InChI=1S/C17H14ClFN2O3/c1-24-15-7-6-12(18)10-14(15)17(23)21-20-16(22)8-5-11-3-2-4-13(19)9-11/h2-10H,1H3,(H,20,22)(H,21,23)/b8-5+. The molecule has 0 unspecified atom stereocenters. The number of carbonyl (C=O) groups is 2. The van der Waals surface area contributed by atoms with E-state index in [9.17, 15) is 14.0 Å². The fraction of sp³-hybridized carbons (Fsp3) is 0.0588. The molecule has 7 heteroatoms. The molecule has 0 saturated carbocycles. The zero-order valence-corrected chi connectivity index (χ0v) is 13.4. The van der Waals surface area contributed by atoms with E-state index in [0.717, 1.165) is 0 Å². The summed E-state index contributed by atoms with van der Waals surface area (Å²) in [6.07, 6.45) is 2.59. The molecule has 0 bridgehead atoms. The predicted molar refractivity (Wildman–Crippen MR) is 89.0 cm³/mol. The highest BCUT2D eigenvalue weighted by Crippen LogP contribution is 2.22. The van der Waals surface area contributed by atoms with Crippen LogP contribution in [0.3, 0.4) is 0 Å². The largest absolute Gasteiger partial charge is 0.496 e. The topological polar surface area (TPSA) is 67.4 Å². The predicted octanol–water partition coefficient (Wildman–Crippen LogP) is 2.96. The number of carbonyl (C=O) groups excluding carboxylic acids is 2. The molecule has 2 rings (SSSR count). The van der Waals surface area contributed by atoms with Gasteiger partial charge in [-0.05, 0) is 42.0 Å². The van der Waals surface area contributed by atoms with Gasteiger partial charge in [-0.1, -0.05) is 23.7 Å². The van der Waals surface area contributed by atoms with Crippen LogP contribution in [0.4, 0.5) is 4.39 Å². The summed E-state index contributed by atoms with van der Waals surface area (Å²) in [5.74, 6) is -1.24. The molecule has 2 N–H and O–H groups in total. The third kappa shape index (κ3) is 4.82. The molecule has 2 aromatic rings. The van der Waals surface area contributed by atoms with Gasteiger partial charge in [0.1, 0.15) is 11.6 Å². The van der Waals surface area contributed by atoms with Gasteiger partial charge in [0.25, 0.3) is 11.8 Å². The number of nitrogens with one attached hydrogen (secondary N) is 2. The average molecular weight is 349 g/mol. The molecule has 2 aromatic carbocycles. The summed E-state index contributed by atoms with van der Waals surface area (Å²) in [4.78, 5) is 23.8. The first kappa shape index (κ1) is 17.5. The highest BCUT2D eigenvalue weighted by atomic mass is 35.5. The van der Waals surface area contributed by atoms with E-state index in [1.54, 1.807) is 18.2 Å². The fourth-order valence-corrected chi connectivity index (χ4v) is 2.04. The van der Waals surface area contributed by atoms with Crippen molar-refractivity contribution in [3.05, 3.63) is 70.5 Å². The van der Waals surface area contributed by atoms with Crippen LogP contribution in [0, 0.1) is 5.82 Å². The molecule has 0 atom stereocenters. The van der Waals surface area contributed by atoms with Crippen LogP contribution in [0.5, 0.6) is 5.75 Å². The number of methoxy groups -OCH3 is 1. The van der Waals surface area contributed by atoms with Gasteiger partial charge in [0.15, 0.2) is 0 Å². The number of ether oxygens (including phenoxy) is 1. The van der Waals surface area contributed by atoms with E-state index in [0.29, 0.717) is 16.3 Å². The lowest BCUT2D eigenvalue weighted by Gasteiger charge is -2.09. The lowest BCUT2D eigenvalue weighted by Crippen LogP contribution is -2.40. The molecule has 0 aliphatic heterocycles. The van der Waals surface area contributed by atoms with Crippen LogP contribution in [-0.2, 0) is 4.79 Å². The van der Waals surface area contributed by atoms with E-state index in [2.05, 4.69) is 10.9 Å². The number of halogens is 2. The number of rotatable bonds is 4. The van der Waals surface area contributed by atoms with E-state index in [4.69, 9.17) is 16.3 Å². The first-order chi connectivity index (χ1) is 11.5. The monoisotopic (exact) mass is 348 g/mol. The Morgan fingerprint density at radius 2 is 1.96 bits per heavy atom. The average Bonchev–Trinajstić information content (AvgIpc) is 2.58. The normalized spacial score (nSPS) is 10.5. The van der Waals surface area contributed by atoms with E-state index in [1.807, 2.05) is 0 Å². The van der Waals surface area contributed by atoms with Gasteiger partial charge in [0, 0.05) is 11.1 Å². The molecule has 0 spiro atoms.